The maximum atomic E-state index is 3.47. The Kier molecular flexibility index (Phi) is 4.74. The van der Waals surface area contributed by atoms with E-state index in [1.165, 1.54) is 39.0 Å². The van der Waals surface area contributed by atoms with Gasteiger partial charge >= 0.3 is 0 Å². The molecule has 1 aliphatic rings. The second-order valence-electron chi connectivity index (χ2n) is 4.69. The summed E-state index contributed by atoms with van der Waals surface area (Å²) in [7, 11) is 0. The third-order valence-electron chi connectivity index (χ3n) is 2.71. The Morgan fingerprint density at radius 1 is 1.46 bits per heavy atom. The summed E-state index contributed by atoms with van der Waals surface area (Å²) >= 11 is 0. The highest BCUT2D eigenvalue weighted by molar-refractivity contribution is 4.74. The number of hydrogen-bond acceptors (Lipinski definition) is 2. The van der Waals surface area contributed by atoms with Crippen LogP contribution in [-0.2, 0) is 0 Å². The molecule has 0 amide bonds. The van der Waals surface area contributed by atoms with Crippen LogP contribution in [0.3, 0.4) is 0 Å². The molecule has 0 aromatic carbocycles. The molecule has 1 aliphatic heterocycles. The lowest BCUT2D eigenvalue weighted by molar-refractivity contribution is 0.201. The summed E-state index contributed by atoms with van der Waals surface area (Å²) in [6.07, 6.45) is 2.74. The number of piperazine rings is 1. The normalized spacial score (nSPS) is 25.4. The Morgan fingerprint density at radius 2 is 2.23 bits per heavy atom. The molecule has 1 N–H and O–H groups in total. The van der Waals surface area contributed by atoms with E-state index in [4.69, 9.17) is 0 Å². The monoisotopic (exact) mass is 184 g/mol. The minimum atomic E-state index is 0.688. The molecule has 0 spiro atoms. The van der Waals surface area contributed by atoms with Crippen molar-refractivity contribution in [2.24, 2.45) is 5.92 Å². The fourth-order valence-corrected chi connectivity index (χ4v) is 1.94. The fourth-order valence-electron chi connectivity index (χ4n) is 1.94. The molecule has 0 aromatic rings. The van der Waals surface area contributed by atoms with E-state index < -0.39 is 0 Å². The van der Waals surface area contributed by atoms with Crippen LogP contribution in [0.1, 0.15) is 33.6 Å². The highest BCUT2D eigenvalue weighted by Crippen LogP contribution is 2.06. The summed E-state index contributed by atoms with van der Waals surface area (Å²) in [4.78, 5) is 2.59. The predicted molar refractivity (Wildman–Crippen MR) is 58.0 cm³/mol. The van der Waals surface area contributed by atoms with Gasteiger partial charge in [0, 0.05) is 25.7 Å². The van der Waals surface area contributed by atoms with Crippen LogP contribution in [0.25, 0.3) is 0 Å². The number of nitrogens with zero attached hydrogens (tertiary/aromatic N) is 1. The Labute approximate surface area is 82.7 Å². The van der Waals surface area contributed by atoms with Gasteiger partial charge in [-0.25, -0.2) is 0 Å². The minimum absolute atomic E-state index is 0.688. The predicted octanol–water partition coefficient (Wildman–Crippen LogP) is 1.72. The zero-order valence-corrected chi connectivity index (χ0v) is 9.34. The van der Waals surface area contributed by atoms with Gasteiger partial charge in [0.15, 0.2) is 0 Å². The maximum Gasteiger partial charge on any atom is 0.0167 e. The highest BCUT2D eigenvalue weighted by Gasteiger charge is 2.14. The first-order valence-electron chi connectivity index (χ1n) is 5.64. The summed E-state index contributed by atoms with van der Waals surface area (Å²) < 4.78 is 0. The fraction of sp³-hybridized carbons (Fsp3) is 1.00. The Bertz CT molecular complexity index is 134. The summed E-state index contributed by atoms with van der Waals surface area (Å²) in [6, 6.07) is 0.688. The van der Waals surface area contributed by atoms with Crippen LogP contribution in [0.15, 0.2) is 0 Å². The molecule has 0 saturated carbocycles. The van der Waals surface area contributed by atoms with Crippen LogP contribution in [0, 0.1) is 5.92 Å². The van der Waals surface area contributed by atoms with Crippen LogP contribution < -0.4 is 5.32 Å². The third-order valence-corrected chi connectivity index (χ3v) is 2.71. The first-order valence-corrected chi connectivity index (χ1v) is 5.64. The molecule has 1 atom stereocenters. The van der Waals surface area contributed by atoms with Crippen molar-refractivity contribution >= 4 is 0 Å². The molecule has 0 unspecified atom stereocenters. The van der Waals surface area contributed by atoms with Crippen molar-refractivity contribution in [3.63, 3.8) is 0 Å². The van der Waals surface area contributed by atoms with Gasteiger partial charge in [0.25, 0.3) is 0 Å². The molecule has 13 heavy (non-hydrogen) atoms. The molecule has 2 nitrogen and oxygen atoms in total. The van der Waals surface area contributed by atoms with Crippen LogP contribution >= 0.6 is 0 Å². The van der Waals surface area contributed by atoms with E-state index in [0.717, 1.165) is 5.92 Å². The van der Waals surface area contributed by atoms with Crippen molar-refractivity contribution < 1.29 is 0 Å². The summed E-state index contributed by atoms with van der Waals surface area (Å²) in [5.41, 5.74) is 0. The number of hydrogen-bond donors (Lipinski definition) is 1. The van der Waals surface area contributed by atoms with Crippen LogP contribution in [0.5, 0.6) is 0 Å². The van der Waals surface area contributed by atoms with E-state index in [2.05, 4.69) is 31.0 Å². The van der Waals surface area contributed by atoms with Gasteiger partial charge in [-0.2, -0.15) is 0 Å². The smallest absolute Gasteiger partial charge is 0.0167 e. The van der Waals surface area contributed by atoms with Gasteiger partial charge in [0.05, 0.1) is 0 Å². The molecule has 78 valence electrons. The molecule has 1 fully saturated rings. The highest BCUT2D eigenvalue weighted by atomic mass is 15.2. The van der Waals surface area contributed by atoms with Crippen molar-refractivity contribution in [2.45, 2.75) is 39.7 Å². The lowest BCUT2D eigenvalue weighted by atomic mass is 10.1. The zero-order chi connectivity index (χ0) is 9.68. The van der Waals surface area contributed by atoms with Crippen molar-refractivity contribution in [3.8, 4) is 0 Å². The molecule has 1 saturated heterocycles. The van der Waals surface area contributed by atoms with E-state index in [0.29, 0.717) is 6.04 Å². The van der Waals surface area contributed by atoms with Gasteiger partial charge in [0.2, 0.25) is 0 Å². The van der Waals surface area contributed by atoms with Crippen molar-refractivity contribution in [3.05, 3.63) is 0 Å². The molecule has 0 aromatic heterocycles. The van der Waals surface area contributed by atoms with Gasteiger partial charge in [-0.05, 0) is 32.2 Å². The van der Waals surface area contributed by atoms with Crippen molar-refractivity contribution in [1.82, 2.24) is 10.2 Å². The topological polar surface area (TPSA) is 15.3 Å². The van der Waals surface area contributed by atoms with Gasteiger partial charge in [-0.15, -0.1) is 0 Å². The quantitative estimate of drug-likeness (QED) is 0.715. The number of rotatable bonds is 4. The van der Waals surface area contributed by atoms with Gasteiger partial charge < -0.3 is 10.2 Å². The minimum Gasteiger partial charge on any atom is -0.312 e. The van der Waals surface area contributed by atoms with E-state index in [1.54, 1.807) is 0 Å². The van der Waals surface area contributed by atoms with E-state index in [9.17, 15) is 0 Å². The van der Waals surface area contributed by atoms with Crippen LogP contribution in [0.2, 0.25) is 0 Å². The first-order chi connectivity index (χ1) is 6.18. The number of nitrogens with one attached hydrogen (secondary N) is 1. The van der Waals surface area contributed by atoms with Crippen molar-refractivity contribution in [2.75, 3.05) is 26.2 Å². The van der Waals surface area contributed by atoms with Crippen molar-refractivity contribution in [1.29, 1.82) is 0 Å². The molecular formula is C11H24N2. The molecule has 2 heteroatoms. The molecule has 1 rings (SSSR count). The lowest BCUT2D eigenvalue weighted by Gasteiger charge is -2.31. The Balaban J connectivity index is 2.06. The van der Waals surface area contributed by atoms with Gasteiger partial charge in [-0.3, -0.25) is 0 Å². The standard InChI is InChI=1S/C11H24N2/c1-10(2)5-4-7-13-8-6-12-11(3)9-13/h10-12H,4-9H2,1-3H3/t11-/m1/s1. The molecular weight excluding hydrogens is 160 g/mol. The van der Waals surface area contributed by atoms with Crippen LogP contribution in [0.4, 0.5) is 0 Å². The van der Waals surface area contributed by atoms with Gasteiger partial charge in [0.1, 0.15) is 0 Å². The average molecular weight is 184 g/mol. The lowest BCUT2D eigenvalue weighted by Crippen LogP contribution is -2.49. The maximum absolute atomic E-state index is 3.47. The molecule has 0 aliphatic carbocycles. The van der Waals surface area contributed by atoms with E-state index in [-0.39, 0.29) is 0 Å². The average Bonchev–Trinajstić information content (AvgIpc) is 2.03. The zero-order valence-electron chi connectivity index (χ0n) is 9.34. The summed E-state index contributed by atoms with van der Waals surface area (Å²) in [5.74, 6) is 0.861. The van der Waals surface area contributed by atoms with E-state index in [1.807, 2.05) is 0 Å². The molecule has 0 radical (unpaired) electrons. The Hall–Kier alpha value is -0.0800. The Morgan fingerprint density at radius 3 is 2.85 bits per heavy atom. The second-order valence-corrected chi connectivity index (χ2v) is 4.69. The third kappa shape index (κ3) is 4.63. The van der Waals surface area contributed by atoms with E-state index >= 15 is 0 Å². The first kappa shape index (κ1) is 11.0. The molecule has 1 heterocycles. The molecule has 0 bridgehead atoms. The van der Waals surface area contributed by atoms with Gasteiger partial charge in [-0.1, -0.05) is 13.8 Å². The largest absolute Gasteiger partial charge is 0.312 e. The summed E-state index contributed by atoms with van der Waals surface area (Å²) in [5, 5.41) is 3.47. The SMILES string of the molecule is CC(C)CCCN1CCN[C@H](C)C1. The van der Waals surface area contributed by atoms with Crippen LogP contribution in [-0.4, -0.2) is 37.1 Å². The summed E-state index contributed by atoms with van der Waals surface area (Å²) in [6.45, 7) is 11.8. The second kappa shape index (κ2) is 5.61.